The van der Waals surface area contributed by atoms with Gasteiger partial charge in [-0.1, -0.05) is 0 Å². The minimum atomic E-state index is -0.903. The van der Waals surface area contributed by atoms with Gasteiger partial charge in [-0.2, -0.15) is 0 Å². The van der Waals surface area contributed by atoms with Gasteiger partial charge < -0.3 is 4.74 Å². The molecule has 6 heteroatoms. The van der Waals surface area contributed by atoms with E-state index in [0.717, 1.165) is 42.8 Å². The zero-order chi connectivity index (χ0) is 14.8. The van der Waals surface area contributed by atoms with E-state index in [9.17, 15) is 13.6 Å². The molecule has 1 unspecified atom stereocenters. The van der Waals surface area contributed by atoms with Crippen molar-refractivity contribution in [2.75, 3.05) is 12.9 Å². The molecule has 0 heterocycles. The molecule has 1 aliphatic rings. The van der Waals surface area contributed by atoms with Gasteiger partial charge in [-0.05, 0) is 38.0 Å². The normalized spacial score (nSPS) is 17.6. The Bertz CT molecular complexity index is 508. The highest BCUT2D eigenvalue weighted by Crippen LogP contribution is 2.29. The number of benzene rings is 1. The number of carbonyl (C=O) groups excluding carboxylic acids is 1. The largest absolute Gasteiger partial charge is 0.468 e. The quantitative estimate of drug-likeness (QED) is 0.648. The van der Waals surface area contributed by atoms with Gasteiger partial charge in [0.15, 0.2) is 0 Å². The van der Waals surface area contributed by atoms with Gasteiger partial charge >= 0.3 is 5.97 Å². The van der Waals surface area contributed by atoms with E-state index in [1.807, 2.05) is 0 Å². The van der Waals surface area contributed by atoms with Crippen LogP contribution in [0.1, 0.15) is 19.8 Å². The Labute approximate surface area is 121 Å². The maximum Gasteiger partial charge on any atom is 0.326 e. The van der Waals surface area contributed by atoms with Crippen LogP contribution >= 0.6 is 11.8 Å². The zero-order valence-electron chi connectivity index (χ0n) is 11.4. The lowest BCUT2D eigenvalue weighted by Crippen LogP contribution is -2.53. The molecule has 20 heavy (non-hydrogen) atoms. The smallest absolute Gasteiger partial charge is 0.326 e. The van der Waals surface area contributed by atoms with Crippen molar-refractivity contribution < 1.29 is 18.3 Å². The SMILES string of the molecule is COC(=O)C(C)(CSc1cc(F)ccc1F)NC1CC1. The number of hydrogen-bond acceptors (Lipinski definition) is 4. The molecule has 1 fully saturated rings. The topological polar surface area (TPSA) is 38.3 Å². The highest BCUT2D eigenvalue weighted by molar-refractivity contribution is 7.99. The third kappa shape index (κ3) is 3.70. The summed E-state index contributed by atoms with van der Waals surface area (Å²) in [6, 6.07) is 3.59. The van der Waals surface area contributed by atoms with Crippen molar-refractivity contribution in [3.05, 3.63) is 29.8 Å². The van der Waals surface area contributed by atoms with Crippen LogP contribution in [0.3, 0.4) is 0 Å². The van der Waals surface area contributed by atoms with Crippen LogP contribution in [-0.4, -0.2) is 30.4 Å². The minimum absolute atomic E-state index is 0.192. The first kappa shape index (κ1) is 15.3. The highest BCUT2D eigenvalue weighted by atomic mass is 32.2. The van der Waals surface area contributed by atoms with Gasteiger partial charge in [-0.3, -0.25) is 10.1 Å². The van der Waals surface area contributed by atoms with Crippen molar-refractivity contribution >= 4 is 17.7 Å². The van der Waals surface area contributed by atoms with E-state index >= 15 is 0 Å². The van der Waals surface area contributed by atoms with E-state index in [1.54, 1.807) is 6.92 Å². The molecular weight excluding hydrogens is 284 g/mol. The Morgan fingerprint density at radius 3 is 2.80 bits per heavy atom. The summed E-state index contributed by atoms with van der Waals surface area (Å²) in [6.07, 6.45) is 2.04. The zero-order valence-corrected chi connectivity index (χ0v) is 12.2. The molecule has 0 aliphatic heterocycles. The molecule has 0 radical (unpaired) electrons. The van der Waals surface area contributed by atoms with Crippen molar-refractivity contribution in [2.45, 2.75) is 36.2 Å². The van der Waals surface area contributed by atoms with E-state index in [0.29, 0.717) is 6.04 Å². The fraction of sp³-hybridized carbons (Fsp3) is 0.500. The fourth-order valence-electron chi connectivity index (χ4n) is 1.87. The summed E-state index contributed by atoms with van der Waals surface area (Å²) >= 11 is 1.10. The third-order valence-electron chi connectivity index (χ3n) is 3.15. The lowest BCUT2D eigenvalue weighted by Gasteiger charge is -2.27. The number of halogens is 2. The number of esters is 1. The predicted molar refractivity (Wildman–Crippen MR) is 73.7 cm³/mol. The van der Waals surface area contributed by atoms with Crippen molar-refractivity contribution in [1.82, 2.24) is 5.32 Å². The van der Waals surface area contributed by atoms with Gasteiger partial charge in [-0.25, -0.2) is 8.78 Å². The molecule has 1 saturated carbocycles. The van der Waals surface area contributed by atoms with Gasteiger partial charge in [0.25, 0.3) is 0 Å². The second kappa shape index (κ2) is 6.10. The van der Waals surface area contributed by atoms with E-state index in [2.05, 4.69) is 5.32 Å². The second-order valence-electron chi connectivity index (χ2n) is 5.11. The molecule has 1 aromatic carbocycles. The molecular formula is C14H17F2NO2S. The minimum Gasteiger partial charge on any atom is -0.468 e. The molecule has 1 aliphatic carbocycles. The molecule has 0 aromatic heterocycles. The standard InChI is InChI=1S/C14H17F2NO2S/c1-14(13(18)19-2,17-10-4-5-10)8-20-12-7-9(15)3-6-11(12)16/h3,6-7,10,17H,4-5,8H2,1-2H3. The Kier molecular flexibility index (Phi) is 4.65. The van der Waals surface area contributed by atoms with Gasteiger partial charge in [-0.15, -0.1) is 11.8 Å². The summed E-state index contributed by atoms with van der Waals surface area (Å²) in [6.45, 7) is 1.72. The van der Waals surface area contributed by atoms with Crippen LogP contribution in [0, 0.1) is 11.6 Å². The summed E-state index contributed by atoms with van der Waals surface area (Å²) in [7, 11) is 1.32. The molecule has 0 amide bonds. The van der Waals surface area contributed by atoms with Crippen LogP contribution in [0.25, 0.3) is 0 Å². The van der Waals surface area contributed by atoms with E-state index in [-0.39, 0.29) is 10.6 Å². The fourth-order valence-corrected chi connectivity index (χ4v) is 2.92. The molecule has 0 bridgehead atoms. The lowest BCUT2D eigenvalue weighted by atomic mass is 10.1. The number of rotatable bonds is 6. The van der Waals surface area contributed by atoms with E-state index < -0.39 is 23.1 Å². The first-order valence-corrected chi connectivity index (χ1v) is 7.37. The molecule has 2 rings (SSSR count). The Morgan fingerprint density at radius 2 is 2.20 bits per heavy atom. The summed E-state index contributed by atoms with van der Waals surface area (Å²) in [5, 5.41) is 3.21. The Balaban J connectivity index is 2.07. The average molecular weight is 301 g/mol. The molecule has 3 nitrogen and oxygen atoms in total. The first-order chi connectivity index (χ1) is 9.44. The molecule has 1 atom stereocenters. The second-order valence-corrected chi connectivity index (χ2v) is 6.12. The molecule has 0 saturated heterocycles. The van der Waals surface area contributed by atoms with Gasteiger partial charge in [0, 0.05) is 16.7 Å². The first-order valence-electron chi connectivity index (χ1n) is 6.38. The summed E-state index contributed by atoms with van der Waals surface area (Å²) in [5.41, 5.74) is -0.903. The lowest BCUT2D eigenvalue weighted by molar-refractivity contribution is -0.147. The number of thioether (sulfide) groups is 1. The summed E-state index contributed by atoms with van der Waals surface area (Å²) in [4.78, 5) is 12.1. The van der Waals surface area contributed by atoms with Crippen molar-refractivity contribution in [3.63, 3.8) is 0 Å². The average Bonchev–Trinajstić information content (AvgIpc) is 3.22. The number of nitrogens with one attached hydrogen (secondary N) is 1. The maximum absolute atomic E-state index is 13.6. The number of ether oxygens (including phenoxy) is 1. The van der Waals surface area contributed by atoms with Gasteiger partial charge in [0.05, 0.1) is 7.11 Å². The molecule has 1 aromatic rings. The molecule has 110 valence electrons. The summed E-state index contributed by atoms with van der Waals surface area (Å²) in [5.74, 6) is -1.11. The third-order valence-corrected chi connectivity index (χ3v) is 4.49. The van der Waals surface area contributed by atoms with Gasteiger partial charge in [0.2, 0.25) is 0 Å². The van der Waals surface area contributed by atoms with Crippen LogP contribution in [0.4, 0.5) is 8.78 Å². The number of carbonyl (C=O) groups is 1. The molecule has 1 N–H and O–H groups in total. The van der Waals surface area contributed by atoms with Crippen LogP contribution in [0.15, 0.2) is 23.1 Å². The predicted octanol–water partition coefficient (Wildman–Crippen LogP) is 2.74. The van der Waals surface area contributed by atoms with E-state index in [4.69, 9.17) is 4.74 Å². The monoisotopic (exact) mass is 301 g/mol. The van der Waals surface area contributed by atoms with E-state index in [1.165, 1.54) is 7.11 Å². The van der Waals surface area contributed by atoms with Crippen LogP contribution in [0.5, 0.6) is 0 Å². The Morgan fingerprint density at radius 1 is 1.50 bits per heavy atom. The number of methoxy groups -OCH3 is 1. The highest BCUT2D eigenvalue weighted by Gasteiger charge is 2.39. The van der Waals surface area contributed by atoms with Crippen molar-refractivity contribution in [2.24, 2.45) is 0 Å². The number of hydrogen-bond donors (Lipinski definition) is 1. The maximum atomic E-state index is 13.6. The van der Waals surface area contributed by atoms with Crippen LogP contribution in [-0.2, 0) is 9.53 Å². The van der Waals surface area contributed by atoms with Gasteiger partial charge in [0.1, 0.15) is 17.2 Å². The molecule has 0 spiro atoms. The Hall–Kier alpha value is -1.14. The van der Waals surface area contributed by atoms with Crippen molar-refractivity contribution in [1.29, 1.82) is 0 Å². The summed E-state index contributed by atoms with van der Waals surface area (Å²) < 4.78 is 31.5. The van der Waals surface area contributed by atoms with Crippen LogP contribution < -0.4 is 5.32 Å². The van der Waals surface area contributed by atoms with Crippen LogP contribution in [0.2, 0.25) is 0 Å². The van der Waals surface area contributed by atoms with Crippen molar-refractivity contribution in [3.8, 4) is 0 Å².